The lowest BCUT2D eigenvalue weighted by molar-refractivity contribution is -0.131. The summed E-state index contributed by atoms with van der Waals surface area (Å²) in [6, 6.07) is 6.75. The maximum Gasteiger partial charge on any atom is 0.409 e. The summed E-state index contributed by atoms with van der Waals surface area (Å²) in [6.45, 7) is 2.27. The van der Waals surface area contributed by atoms with Crippen LogP contribution in [0.2, 0.25) is 0 Å². The van der Waals surface area contributed by atoms with E-state index in [-0.39, 0.29) is 36.8 Å². The summed E-state index contributed by atoms with van der Waals surface area (Å²) in [6.07, 6.45) is 0.988. The van der Waals surface area contributed by atoms with Crippen LogP contribution in [0.15, 0.2) is 24.3 Å². The minimum atomic E-state index is -0.380. The van der Waals surface area contributed by atoms with E-state index in [1.165, 1.54) is 12.0 Å². The Bertz CT molecular complexity index is 728. The topological polar surface area (TPSA) is 87.2 Å². The first-order valence-corrected chi connectivity index (χ1v) is 9.09. The van der Waals surface area contributed by atoms with Crippen molar-refractivity contribution < 1.29 is 23.9 Å². The van der Waals surface area contributed by atoms with E-state index < -0.39 is 0 Å². The van der Waals surface area contributed by atoms with E-state index in [4.69, 9.17) is 4.74 Å². The highest BCUT2D eigenvalue weighted by molar-refractivity contribution is 6.21. The average Bonchev–Trinajstić information content (AvgIpc) is 2.87. The SMILES string of the molecule is COC(=O)N1CCCN(C(=O)CCCN2C(=O)c3ccccc3C2=O)CC1. The number of hydrogen-bond donors (Lipinski definition) is 0. The Balaban J connectivity index is 1.48. The molecule has 1 saturated heterocycles. The van der Waals surface area contributed by atoms with Crippen molar-refractivity contribution in [2.75, 3.05) is 39.8 Å². The number of carbonyl (C=O) groups excluding carboxylic acids is 4. The van der Waals surface area contributed by atoms with Gasteiger partial charge in [-0.3, -0.25) is 19.3 Å². The smallest absolute Gasteiger partial charge is 0.409 e. The summed E-state index contributed by atoms with van der Waals surface area (Å²) in [5.41, 5.74) is 0.841. The number of amides is 4. The molecule has 144 valence electrons. The van der Waals surface area contributed by atoms with E-state index >= 15 is 0 Å². The number of carbonyl (C=O) groups is 4. The predicted molar refractivity (Wildman–Crippen MR) is 96.2 cm³/mol. The molecule has 0 radical (unpaired) electrons. The predicted octanol–water partition coefficient (Wildman–Crippen LogP) is 1.36. The Morgan fingerprint density at radius 3 is 2.19 bits per heavy atom. The minimum absolute atomic E-state index is 0.0293. The second kappa shape index (κ2) is 8.20. The van der Waals surface area contributed by atoms with Gasteiger partial charge in [-0.05, 0) is 25.0 Å². The van der Waals surface area contributed by atoms with E-state index in [0.717, 1.165) is 0 Å². The Kier molecular flexibility index (Phi) is 5.73. The van der Waals surface area contributed by atoms with Gasteiger partial charge in [-0.2, -0.15) is 0 Å². The molecule has 0 aromatic heterocycles. The van der Waals surface area contributed by atoms with E-state index in [1.54, 1.807) is 34.1 Å². The molecule has 0 N–H and O–H groups in total. The Labute approximate surface area is 157 Å². The third kappa shape index (κ3) is 3.94. The zero-order valence-electron chi connectivity index (χ0n) is 15.3. The lowest BCUT2D eigenvalue weighted by Gasteiger charge is -2.22. The van der Waals surface area contributed by atoms with Gasteiger partial charge < -0.3 is 14.5 Å². The Hall–Kier alpha value is -2.90. The monoisotopic (exact) mass is 373 g/mol. The van der Waals surface area contributed by atoms with E-state index in [2.05, 4.69) is 0 Å². The summed E-state index contributed by atoms with van der Waals surface area (Å²) in [5, 5.41) is 0. The Morgan fingerprint density at radius 2 is 1.56 bits per heavy atom. The number of ether oxygens (including phenoxy) is 1. The molecule has 4 amide bonds. The standard InChI is InChI=1S/C19H23N3O5/c1-27-19(26)21-10-5-9-20(12-13-21)16(23)8-4-11-22-17(24)14-6-2-3-7-15(14)18(22)25/h2-3,6-7H,4-5,8-13H2,1H3. The summed E-state index contributed by atoms with van der Waals surface area (Å²) in [5.74, 6) is -0.628. The molecular formula is C19H23N3O5. The zero-order chi connectivity index (χ0) is 19.4. The molecule has 8 heteroatoms. The van der Waals surface area contributed by atoms with Crippen molar-refractivity contribution in [1.82, 2.24) is 14.7 Å². The number of hydrogen-bond acceptors (Lipinski definition) is 5. The van der Waals surface area contributed by atoms with Crippen molar-refractivity contribution in [2.24, 2.45) is 0 Å². The molecule has 0 bridgehead atoms. The van der Waals surface area contributed by atoms with Crippen molar-refractivity contribution >= 4 is 23.8 Å². The molecule has 3 rings (SSSR count). The lowest BCUT2D eigenvalue weighted by Crippen LogP contribution is -2.37. The van der Waals surface area contributed by atoms with Gasteiger partial charge in [-0.1, -0.05) is 12.1 Å². The van der Waals surface area contributed by atoms with Crippen LogP contribution in [0.4, 0.5) is 4.79 Å². The van der Waals surface area contributed by atoms with Gasteiger partial charge in [0, 0.05) is 39.1 Å². The van der Waals surface area contributed by atoms with Crippen molar-refractivity contribution in [1.29, 1.82) is 0 Å². The quantitative estimate of drug-likeness (QED) is 0.744. The van der Waals surface area contributed by atoms with Crippen LogP contribution in [0.3, 0.4) is 0 Å². The lowest BCUT2D eigenvalue weighted by atomic mass is 10.1. The van der Waals surface area contributed by atoms with Gasteiger partial charge in [0.25, 0.3) is 11.8 Å². The number of imide groups is 1. The van der Waals surface area contributed by atoms with Gasteiger partial charge in [0.2, 0.25) is 5.91 Å². The number of benzene rings is 1. The van der Waals surface area contributed by atoms with Crippen molar-refractivity contribution in [3.8, 4) is 0 Å². The fourth-order valence-corrected chi connectivity index (χ4v) is 3.47. The molecule has 2 aliphatic heterocycles. The summed E-state index contributed by atoms with van der Waals surface area (Å²) >= 11 is 0. The van der Waals surface area contributed by atoms with Crippen molar-refractivity contribution in [2.45, 2.75) is 19.3 Å². The van der Waals surface area contributed by atoms with Crippen molar-refractivity contribution in [3.63, 3.8) is 0 Å². The summed E-state index contributed by atoms with van der Waals surface area (Å²) in [7, 11) is 1.34. The Morgan fingerprint density at radius 1 is 0.963 bits per heavy atom. The minimum Gasteiger partial charge on any atom is -0.453 e. The molecule has 0 spiro atoms. The molecule has 2 heterocycles. The number of methoxy groups -OCH3 is 1. The van der Waals surface area contributed by atoms with Gasteiger partial charge in [0.15, 0.2) is 0 Å². The van der Waals surface area contributed by atoms with Gasteiger partial charge in [0.1, 0.15) is 0 Å². The number of nitrogens with zero attached hydrogens (tertiary/aromatic N) is 3. The molecule has 1 fully saturated rings. The van der Waals surface area contributed by atoms with Gasteiger partial charge >= 0.3 is 6.09 Å². The van der Waals surface area contributed by atoms with Crippen LogP contribution in [-0.2, 0) is 9.53 Å². The highest BCUT2D eigenvalue weighted by Crippen LogP contribution is 2.22. The van der Waals surface area contributed by atoms with Crippen LogP contribution in [0.1, 0.15) is 40.0 Å². The molecule has 0 unspecified atom stereocenters. The molecule has 1 aromatic rings. The molecule has 2 aliphatic rings. The van der Waals surface area contributed by atoms with Crippen LogP contribution >= 0.6 is 0 Å². The van der Waals surface area contributed by atoms with Crippen molar-refractivity contribution in [3.05, 3.63) is 35.4 Å². The van der Waals surface area contributed by atoms with Gasteiger partial charge in [-0.15, -0.1) is 0 Å². The fourth-order valence-electron chi connectivity index (χ4n) is 3.47. The molecule has 0 aliphatic carbocycles. The second-order valence-corrected chi connectivity index (χ2v) is 6.60. The van der Waals surface area contributed by atoms with E-state index in [9.17, 15) is 19.2 Å². The highest BCUT2D eigenvalue weighted by Gasteiger charge is 2.34. The first-order valence-electron chi connectivity index (χ1n) is 9.09. The largest absolute Gasteiger partial charge is 0.453 e. The molecule has 0 atom stereocenters. The average molecular weight is 373 g/mol. The second-order valence-electron chi connectivity index (χ2n) is 6.60. The van der Waals surface area contributed by atoms with E-state index in [0.29, 0.717) is 50.1 Å². The normalized spacial score (nSPS) is 17.0. The number of rotatable bonds is 4. The van der Waals surface area contributed by atoms with Gasteiger partial charge in [-0.25, -0.2) is 4.79 Å². The van der Waals surface area contributed by atoms with Gasteiger partial charge in [0.05, 0.1) is 18.2 Å². The maximum absolute atomic E-state index is 12.5. The molecule has 27 heavy (non-hydrogen) atoms. The van der Waals surface area contributed by atoms with Crippen LogP contribution < -0.4 is 0 Å². The molecule has 0 saturated carbocycles. The third-order valence-electron chi connectivity index (χ3n) is 4.93. The maximum atomic E-state index is 12.5. The molecule has 8 nitrogen and oxygen atoms in total. The highest BCUT2D eigenvalue weighted by atomic mass is 16.5. The van der Waals surface area contributed by atoms with Crippen LogP contribution in [0.5, 0.6) is 0 Å². The third-order valence-corrected chi connectivity index (χ3v) is 4.93. The van der Waals surface area contributed by atoms with Crippen LogP contribution in [-0.4, -0.2) is 78.3 Å². The first kappa shape index (κ1) is 18.9. The fraction of sp³-hybridized carbons (Fsp3) is 0.474. The van der Waals surface area contributed by atoms with Crippen LogP contribution in [0, 0.1) is 0 Å². The first-order chi connectivity index (χ1) is 13.0. The zero-order valence-corrected chi connectivity index (χ0v) is 15.3. The molecular weight excluding hydrogens is 350 g/mol. The summed E-state index contributed by atoms with van der Waals surface area (Å²) < 4.78 is 4.72. The van der Waals surface area contributed by atoms with Crippen LogP contribution in [0.25, 0.3) is 0 Å². The van der Waals surface area contributed by atoms with E-state index in [1.807, 2.05) is 0 Å². The molecule has 1 aromatic carbocycles. The number of fused-ring (bicyclic) bond motifs is 1. The summed E-state index contributed by atoms with van der Waals surface area (Å²) in [4.78, 5) is 53.2.